The minimum absolute atomic E-state index is 0.107. The highest BCUT2D eigenvalue weighted by molar-refractivity contribution is 9.11. The molecule has 1 nitrogen and oxygen atoms in total. The average molecular weight is 332 g/mol. The number of carbonyl (C=O) groups is 1. The molecule has 1 aromatic rings. The summed E-state index contributed by atoms with van der Waals surface area (Å²) in [5.41, 5.74) is 1.67. The zero-order valence-corrected chi connectivity index (χ0v) is 11.7. The minimum atomic E-state index is 0.107. The lowest BCUT2D eigenvalue weighted by Gasteiger charge is -2.05. The van der Waals surface area contributed by atoms with E-state index >= 15 is 0 Å². The number of halogens is 2. The largest absolute Gasteiger partial charge is 0.294 e. The Morgan fingerprint density at radius 2 is 2.07 bits per heavy atom. The van der Waals surface area contributed by atoms with Crippen LogP contribution in [-0.4, -0.2) is 5.78 Å². The van der Waals surface area contributed by atoms with Crippen LogP contribution in [0.1, 0.15) is 30.1 Å². The second-order valence-corrected chi connectivity index (χ2v) is 5.10. The Morgan fingerprint density at radius 1 is 1.40 bits per heavy atom. The van der Waals surface area contributed by atoms with E-state index in [4.69, 9.17) is 0 Å². The monoisotopic (exact) mass is 330 g/mol. The lowest BCUT2D eigenvalue weighted by molar-refractivity contribution is 0.0991. The topological polar surface area (TPSA) is 17.1 Å². The molecule has 0 atom stereocenters. The van der Waals surface area contributed by atoms with Gasteiger partial charge in [-0.25, -0.2) is 0 Å². The van der Waals surface area contributed by atoms with Crippen LogP contribution in [0.5, 0.6) is 0 Å². The molecule has 80 valence electrons. The maximum atomic E-state index is 11.9. The van der Waals surface area contributed by atoms with E-state index in [1.165, 1.54) is 0 Å². The summed E-state index contributed by atoms with van der Waals surface area (Å²) in [6, 6.07) is 5.59. The minimum Gasteiger partial charge on any atom is -0.294 e. The molecule has 0 heterocycles. The molecule has 0 aliphatic rings. The van der Waals surface area contributed by atoms with Crippen LogP contribution < -0.4 is 0 Å². The number of carbonyl (C=O) groups excluding carboxylic acids is 1. The van der Waals surface area contributed by atoms with Gasteiger partial charge in [0, 0.05) is 20.9 Å². The van der Waals surface area contributed by atoms with Crippen molar-refractivity contribution in [3.8, 4) is 0 Å². The van der Waals surface area contributed by atoms with Gasteiger partial charge in [0.2, 0.25) is 0 Å². The quantitative estimate of drug-likeness (QED) is 0.574. The summed E-state index contributed by atoms with van der Waals surface area (Å²) in [6.07, 6.45) is 1.27. The Balaban J connectivity index is 2.91. The zero-order chi connectivity index (χ0) is 11.4. The van der Waals surface area contributed by atoms with Gasteiger partial charge in [-0.05, 0) is 24.6 Å². The summed E-state index contributed by atoms with van der Waals surface area (Å²) in [6.45, 7) is 5.85. The van der Waals surface area contributed by atoms with Crippen LogP contribution in [0.15, 0.2) is 39.3 Å². The molecule has 0 aliphatic heterocycles. The molecule has 0 amide bonds. The Kier molecular flexibility index (Phi) is 4.74. The Labute approximate surface area is 107 Å². The second kappa shape index (κ2) is 5.61. The van der Waals surface area contributed by atoms with E-state index < -0.39 is 0 Å². The van der Waals surface area contributed by atoms with Crippen molar-refractivity contribution in [1.82, 2.24) is 0 Å². The van der Waals surface area contributed by atoms with Crippen LogP contribution in [0.2, 0.25) is 0 Å². The number of hydrogen-bond donors (Lipinski definition) is 0. The Hall–Kier alpha value is -0.410. The van der Waals surface area contributed by atoms with Crippen molar-refractivity contribution in [2.24, 2.45) is 0 Å². The first-order valence-corrected chi connectivity index (χ1v) is 6.28. The molecule has 0 aliphatic carbocycles. The molecule has 0 bridgehead atoms. The number of hydrogen-bond acceptors (Lipinski definition) is 1. The van der Waals surface area contributed by atoms with E-state index in [-0.39, 0.29) is 5.78 Å². The molecule has 0 N–H and O–H groups in total. The lowest BCUT2D eigenvalue weighted by Crippen LogP contribution is -2.01. The lowest BCUT2D eigenvalue weighted by atomic mass is 10.0. The highest BCUT2D eigenvalue weighted by atomic mass is 79.9. The Bertz CT molecular complexity index is 397. The standard InChI is InChI=1S/C12H12Br2O/c1-3-8(2)6-12(15)10-7-9(13)4-5-11(10)14/h4-5,7H,2-3,6H2,1H3. The second-order valence-electron chi connectivity index (χ2n) is 3.33. The molecule has 1 aromatic carbocycles. The number of allylic oxidation sites excluding steroid dienone is 1. The van der Waals surface area contributed by atoms with E-state index in [0.717, 1.165) is 20.9 Å². The van der Waals surface area contributed by atoms with Gasteiger partial charge in [-0.15, -0.1) is 0 Å². The molecular formula is C12H12Br2O. The predicted molar refractivity (Wildman–Crippen MR) is 70.2 cm³/mol. The predicted octanol–water partition coefficient (Wildman–Crippen LogP) is 4.75. The van der Waals surface area contributed by atoms with Crippen LogP contribution in [0.4, 0.5) is 0 Å². The maximum Gasteiger partial charge on any atom is 0.168 e. The van der Waals surface area contributed by atoms with E-state index in [9.17, 15) is 4.79 Å². The van der Waals surface area contributed by atoms with Crippen molar-refractivity contribution >= 4 is 37.6 Å². The first-order chi connectivity index (χ1) is 7.04. The first-order valence-electron chi connectivity index (χ1n) is 4.69. The van der Waals surface area contributed by atoms with Gasteiger partial charge < -0.3 is 0 Å². The molecule has 0 saturated heterocycles. The fourth-order valence-electron chi connectivity index (χ4n) is 1.16. The molecule has 0 fully saturated rings. The summed E-state index contributed by atoms with van der Waals surface area (Å²) in [4.78, 5) is 11.9. The fourth-order valence-corrected chi connectivity index (χ4v) is 1.99. The van der Waals surface area contributed by atoms with Gasteiger partial charge in [0.1, 0.15) is 0 Å². The van der Waals surface area contributed by atoms with E-state index in [1.54, 1.807) is 0 Å². The highest BCUT2D eigenvalue weighted by Crippen LogP contribution is 2.23. The fraction of sp³-hybridized carbons (Fsp3) is 0.250. The van der Waals surface area contributed by atoms with Gasteiger partial charge in [0.15, 0.2) is 5.78 Å². The van der Waals surface area contributed by atoms with Crippen LogP contribution in [-0.2, 0) is 0 Å². The average Bonchev–Trinajstić information content (AvgIpc) is 2.21. The van der Waals surface area contributed by atoms with Crippen LogP contribution >= 0.6 is 31.9 Å². The maximum absolute atomic E-state index is 11.9. The normalized spacial score (nSPS) is 10.1. The zero-order valence-electron chi connectivity index (χ0n) is 8.52. The number of benzene rings is 1. The van der Waals surface area contributed by atoms with Gasteiger partial charge in [-0.1, -0.05) is 50.9 Å². The van der Waals surface area contributed by atoms with Gasteiger partial charge in [-0.2, -0.15) is 0 Å². The van der Waals surface area contributed by atoms with Crippen LogP contribution in [0.25, 0.3) is 0 Å². The summed E-state index contributed by atoms with van der Waals surface area (Å²) < 4.78 is 1.75. The summed E-state index contributed by atoms with van der Waals surface area (Å²) in [5.74, 6) is 0.107. The van der Waals surface area contributed by atoms with Gasteiger partial charge in [-0.3, -0.25) is 4.79 Å². The smallest absolute Gasteiger partial charge is 0.168 e. The SMILES string of the molecule is C=C(CC)CC(=O)c1cc(Br)ccc1Br. The molecule has 0 spiro atoms. The van der Waals surface area contributed by atoms with Crippen LogP contribution in [0, 0.1) is 0 Å². The van der Waals surface area contributed by atoms with Crippen molar-refractivity contribution in [2.45, 2.75) is 19.8 Å². The van der Waals surface area contributed by atoms with Gasteiger partial charge >= 0.3 is 0 Å². The Morgan fingerprint density at radius 3 is 2.67 bits per heavy atom. The highest BCUT2D eigenvalue weighted by Gasteiger charge is 2.11. The molecule has 15 heavy (non-hydrogen) atoms. The third kappa shape index (κ3) is 3.58. The van der Waals surface area contributed by atoms with Crippen molar-refractivity contribution in [3.63, 3.8) is 0 Å². The molecule has 0 aromatic heterocycles. The van der Waals surface area contributed by atoms with E-state index in [1.807, 2.05) is 25.1 Å². The van der Waals surface area contributed by atoms with Crippen molar-refractivity contribution in [2.75, 3.05) is 0 Å². The summed E-state index contributed by atoms with van der Waals surface area (Å²) in [5, 5.41) is 0. The summed E-state index contributed by atoms with van der Waals surface area (Å²) >= 11 is 6.72. The van der Waals surface area contributed by atoms with Crippen molar-refractivity contribution in [1.29, 1.82) is 0 Å². The number of rotatable bonds is 4. The van der Waals surface area contributed by atoms with Crippen LogP contribution in [0.3, 0.4) is 0 Å². The summed E-state index contributed by atoms with van der Waals surface area (Å²) in [7, 11) is 0. The number of Topliss-reactive ketones (excluding diaryl/α,β-unsaturated/α-hetero) is 1. The third-order valence-electron chi connectivity index (χ3n) is 2.14. The number of ketones is 1. The van der Waals surface area contributed by atoms with Gasteiger partial charge in [0.25, 0.3) is 0 Å². The first kappa shape index (κ1) is 12.7. The third-order valence-corrected chi connectivity index (χ3v) is 3.32. The molecule has 1 rings (SSSR count). The molecule has 0 unspecified atom stereocenters. The molecule has 0 saturated carbocycles. The van der Waals surface area contributed by atoms with Crippen molar-refractivity contribution in [3.05, 3.63) is 44.9 Å². The van der Waals surface area contributed by atoms with Crippen molar-refractivity contribution < 1.29 is 4.79 Å². The van der Waals surface area contributed by atoms with E-state index in [0.29, 0.717) is 12.0 Å². The molecular weight excluding hydrogens is 320 g/mol. The van der Waals surface area contributed by atoms with E-state index in [2.05, 4.69) is 38.4 Å². The van der Waals surface area contributed by atoms with Gasteiger partial charge in [0.05, 0.1) is 0 Å². The molecule has 0 radical (unpaired) electrons. The molecule has 3 heteroatoms.